The number of hydrogen-bond acceptors (Lipinski definition) is 3. The fourth-order valence-corrected chi connectivity index (χ4v) is 2.03. The second-order valence-electron chi connectivity index (χ2n) is 4.96. The monoisotopic (exact) mass is 311 g/mol. The van der Waals surface area contributed by atoms with E-state index in [1.807, 2.05) is 0 Å². The third-order valence-corrected chi connectivity index (χ3v) is 3.34. The van der Waals surface area contributed by atoms with Crippen molar-refractivity contribution < 1.29 is 14.7 Å². The van der Waals surface area contributed by atoms with Crippen molar-refractivity contribution in [2.45, 2.75) is 25.3 Å². The van der Waals surface area contributed by atoms with Crippen molar-refractivity contribution in [2.24, 2.45) is 0 Å². The Hall–Kier alpha value is -1.79. The van der Waals surface area contributed by atoms with Crippen LogP contribution >= 0.6 is 11.6 Å². The number of hydrogen-bond donors (Lipinski definition) is 4. The summed E-state index contributed by atoms with van der Waals surface area (Å²) in [7, 11) is 0. The molecule has 1 aromatic carbocycles. The zero-order chi connectivity index (χ0) is 15.2. The van der Waals surface area contributed by atoms with Gasteiger partial charge < -0.3 is 21.1 Å². The molecule has 1 aliphatic rings. The molecule has 0 spiro atoms. The molecule has 114 valence electrons. The molecule has 0 unspecified atom stereocenters. The van der Waals surface area contributed by atoms with Crippen LogP contribution in [0.5, 0.6) is 0 Å². The molecular weight excluding hydrogens is 294 g/mol. The van der Waals surface area contributed by atoms with E-state index in [1.54, 1.807) is 0 Å². The molecule has 21 heavy (non-hydrogen) atoms. The molecular formula is C14H18ClN3O3. The van der Waals surface area contributed by atoms with Gasteiger partial charge in [0.15, 0.2) is 0 Å². The maximum Gasteiger partial charge on any atom is 0.337 e. The third kappa shape index (κ3) is 5.24. The normalized spacial score (nSPS) is 13.8. The van der Waals surface area contributed by atoms with Crippen LogP contribution < -0.4 is 16.0 Å². The Balaban J connectivity index is 1.78. The lowest BCUT2D eigenvalue weighted by Crippen LogP contribution is -2.32. The van der Waals surface area contributed by atoms with Crippen LogP contribution in [0, 0.1) is 0 Å². The summed E-state index contributed by atoms with van der Waals surface area (Å²) in [5, 5.41) is 18.0. The number of halogens is 1. The van der Waals surface area contributed by atoms with E-state index in [0.717, 1.165) is 13.0 Å². The molecule has 0 aromatic heterocycles. The number of carboxylic acids is 1. The van der Waals surface area contributed by atoms with Gasteiger partial charge in [-0.25, -0.2) is 9.59 Å². The lowest BCUT2D eigenvalue weighted by Gasteiger charge is -2.10. The van der Waals surface area contributed by atoms with E-state index in [4.69, 9.17) is 16.7 Å². The lowest BCUT2D eigenvalue weighted by atomic mass is 10.2. The van der Waals surface area contributed by atoms with E-state index in [0.29, 0.717) is 17.6 Å². The Kier molecular flexibility index (Phi) is 5.41. The number of aromatic carboxylic acids is 1. The number of nitrogens with one attached hydrogen (secondary N) is 3. The van der Waals surface area contributed by atoms with Crippen molar-refractivity contribution in [3.05, 3.63) is 28.8 Å². The van der Waals surface area contributed by atoms with Crippen molar-refractivity contribution in [1.29, 1.82) is 0 Å². The van der Waals surface area contributed by atoms with Crippen LogP contribution in [-0.2, 0) is 0 Å². The Bertz CT molecular complexity index is 532. The van der Waals surface area contributed by atoms with Gasteiger partial charge in [0.1, 0.15) is 0 Å². The van der Waals surface area contributed by atoms with Crippen LogP contribution in [0.2, 0.25) is 5.02 Å². The molecule has 1 saturated carbocycles. The van der Waals surface area contributed by atoms with E-state index in [-0.39, 0.29) is 11.3 Å². The lowest BCUT2D eigenvalue weighted by molar-refractivity contribution is 0.0698. The van der Waals surface area contributed by atoms with Crippen molar-refractivity contribution in [2.75, 3.05) is 18.4 Å². The van der Waals surface area contributed by atoms with Crippen LogP contribution in [-0.4, -0.2) is 36.2 Å². The number of carboxylic acid groups (broad SMARTS) is 1. The standard InChI is InChI=1S/C14H18ClN3O3/c15-9-2-5-11(13(19)20)12(8-9)18-14(21)17-7-1-6-16-10-3-4-10/h2,5,8,10,16H,1,3-4,6-7H2,(H,19,20)(H2,17,18,21). The largest absolute Gasteiger partial charge is 0.478 e. The quantitative estimate of drug-likeness (QED) is 0.582. The molecule has 1 fully saturated rings. The first-order valence-electron chi connectivity index (χ1n) is 6.87. The first kappa shape index (κ1) is 15.6. The molecule has 6 nitrogen and oxygen atoms in total. The summed E-state index contributed by atoms with van der Waals surface area (Å²) in [6.07, 6.45) is 3.30. The Morgan fingerprint density at radius 2 is 2.05 bits per heavy atom. The second-order valence-corrected chi connectivity index (χ2v) is 5.39. The molecule has 0 saturated heterocycles. The molecule has 0 radical (unpaired) electrons. The minimum Gasteiger partial charge on any atom is -0.478 e. The van der Waals surface area contributed by atoms with E-state index in [1.165, 1.54) is 31.0 Å². The Labute approximate surface area is 127 Å². The van der Waals surface area contributed by atoms with E-state index >= 15 is 0 Å². The van der Waals surface area contributed by atoms with E-state index < -0.39 is 12.0 Å². The van der Waals surface area contributed by atoms with Crippen molar-refractivity contribution in [3.8, 4) is 0 Å². The number of amides is 2. The van der Waals surface area contributed by atoms with Gasteiger partial charge in [0.05, 0.1) is 11.3 Å². The molecule has 2 amide bonds. The summed E-state index contributed by atoms with van der Waals surface area (Å²) < 4.78 is 0. The molecule has 0 aliphatic heterocycles. The van der Waals surface area contributed by atoms with E-state index in [2.05, 4.69) is 16.0 Å². The van der Waals surface area contributed by atoms with Crippen LogP contribution in [0.1, 0.15) is 29.6 Å². The highest BCUT2D eigenvalue weighted by molar-refractivity contribution is 6.31. The zero-order valence-electron chi connectivity index (χ0n) is 11.5. The van der Waals surface area contributed by atoms with Gasteiger partial charge in [-0.1, -0.05) is 11.6 Å². The highest BCUT2D eigenvalue weighted by Crippen LogP contribution is 2.21. The molecule has 1 aliphatic carbocycles. The molecule has 0 atom stereocenters. The van der Waals surface area contributed by atoms with Gasteiger partial charge in [-0.2, -0.15) is 0 Å². The highest BCUT2D eigenvalue weighted by atomic mass is 35.5. The summed E-state index contributed by atoms with van der Waals surface area (Å²) in [6, 6.07) is 4.46. The van der Waals surface area contributed by atoms with Gasteiger partial charge in [-0.15, -0.1) is 0 Å². The molecule has 0 bridgehead atoms. The highest BCUT2D eigenvalue weighted by Gasteiger charge is 2.19. The summed E-state index contributed by atoms with van der Waals surface area (Å²) in [4.78, 5) is 22.8. The topological polar surface area (TPSA) is 90.5 Å². The summed E-state index contributed by atoms with van der Waals surface area (Å²) in [5.74, 6) is -1.12. The fourth-order valence-electron chi connectivity index (χ4n) is 1.86. The van der Waals surface area contributed by atoms with Gasteiger partial charge in [-0.3, -0.25) is 0 Å². The van der Waals surface area contributed by atoms with Gasteiger partial charge in [0, 0.05) is 17.6 Å². The van der Waals surface area contributed by atoms with Crippen molar-refractivity contribution in [3.63, 3.8) is 0 Å². The van der Waals surface area contributed by atoms with Gasteiger partial charge >= 0.3 is 12.0 Å². The smallest absolute Gasteiger partial charge is 0.337 e. The molecule has 4 N–H and O–H groups in total. The van der Waals surface area contributed by atoms with Gasteiger partial charge in [-0.05, 0) is 44.0 Å². The van der Waals surface area contributed by atoms with Crippen molar-refractivity contribution >= 4 is 29.3 Å². The molecule has 7 heteroatoms. The molecule has 1 aromatic rings. The fraction of sp³-hybridized carbons (Fsp3) is 0.429. The van der Waals surface area contributed by atoms with Crippen molar-refractivity contribution in [1.82, 2.24) is 10.6 Å². The summed E-state index contributed by atoms with van der Waals surface area (Å²) >= 11 is 5.81. The Morgan fingerprint density at radius 3 is 2.71 bits per heavy atom. The SMILES string of the molecule is O=C(NCCCNC1CC1)Nc1cc(Cl)ccc1C(=O)O. The average molecular weight is 312 g/mol. The van der Waals surface area contributed by atoms with Crippen LogP contribution in [0.25, 0.3) is 0 Å². The number of carbonyl (C=O) groups is 2. The minimum atomic E-state index is -1.12. The van der Waals surface area contributed by atoms with Gasteiger partial charge in [0.2, 0.25) is 0 Å². The summed E-state index contributed by atoms with van der Waals surface area (Å²) in [5.41, 5.74) is 0.188. The predicted molar refractivity (Wildman–Crippen MR) is 81.1 cm³/mol. The molecule has 2 rings (SSSR count). The average Bonchev–Trinajstić information content (AvgIpc) is 3.22. The number of benzene rings is 1. The van der Waals surface area contributed by atoms with E-state index in [9.17, 15) is 9.59 Å². The third-order valence-electron chi connectivity index (χ3n) is 3.11. The maximum atomic E-state index is 11.7. The predicted octanol–water partition coefficient (Wildman–Crippen LogP) is 2.30. The van der Waals surface area contributed by atoms with Crippen LogP contribution in [0.3, 0.4) is 0 Å². The Morgan fingerprint density at radius 1 is 1.29 bits per heavy atom. The number of carbonyl (C=O) groups excluding carboxylic acids is 1. The first-order chi connectivity index (χ1) is 10.1. The van der Waals surface area contributed by atoms with Crippen LogP contribution in [0.15, 0.2) is 18.2 Å². The maximum absolute atomic E-state index is 11.7. The molecule has 0 heterocycles. The minimum absolute atomic E-state index is 0.00458. The number of urea groups is 1. The first-order valence-corrected chi connectivity index (χ1v) is 7.25. The second kappa shape index (κ2) is 7.28. The summed E-state index contributed by atoms with van der Waals surface area (Å²) in [6.45, 7) is 1.39. The van der Waals surface area contributed by atoms with Gasteiger partial charge in [0.25, 0.3) is 0 Å². The zero-order valence-corrected chi connectivity index (χ0v) is 12.2. The number of rotatable bonds is 7. The van der Waals surface area contributed by atoms with Crippen LogP contribution in [0.4, 0.5) is 10.5 Å². The number of anilines is 1.